The standard InChI is InChI=1S/C12H22N4O/c1-12(2,3)9-7-13-11(16(9)6)14-10(17)8-15(4)5/h7H,8H2,1-6H3,(H,13,14,17). The molecule has 0 aliphatic carbocycles. The van der Waals surface area contributed by atoms with Gasteiger partial charge in [0.1, 0.15) is 0 Å². The normalized spacial score (nSPS) is 11.9. The van der Waals surface area contributed by atoms with Gasteiger partial charge in [-0.25, -0.2) is 4.98 Å². The predicted molar refractivity (Wildman–Crippen MR) is 69.1 cm³/mol. The van der Waals surface area contributed by atoms with E-state index in [9.17, 15) is 4.79 Å². The molecule has 0 aromatic carbocycles. The van der Waals surface area contributed by atoms with E-state index in [1.54, 1.807) is 0 Å². The number of hydrogen-bond donors (Lipinski definition) is 1. The lowest BCUT2D eigenvalue weighted by Gasteiger charge is -2.19. The topological polar surface area (TPSA) is 50.2 Å². The molecule has 5 heteroatoms. The van der Waals surface area contributed by atoms with Crippen molar-refractivity contribution in [2.45, 2.75) is 26.2 Å². The Morgan fingerprint density at radius 2 is 2.06 bits per heavy atom. The van der Waals surface area contributed by atoms with Crippen LogP contribution in [0.2, 0.25) is 0 Å². The predicted octanol–water partition coefficient (Wildman–Crippen LogP) is 1.22. The number of rotatable bonds is 3. The van der Waals surface area contributed by atoms with Crippen molar-refractivity contribution >= 4 is 11.9 Å². The average Bonchev–Trinajstić information content (AvgIpc) is 2.45. The molecule has 0 aliphatic rings. The van der Waals surface area contributed by atoms with Gasteiger partial charge in [0.15, 0.2) is 0 Å². The first-order valence-electron chi connectivity index (χ1n) is 5.68. The highest BCUT2D eigenvalue weighted by Gasteiger charge is 2.20. The van der Waals surface area contributed by atoms with Gasteiger partial charge in [-0.3, -0.25) is 10.1 Å². The second kappa shape index (κ2) is 4.87. The Kier molecular flexibility index (Phi) is 3.93. The summed E-state index contributed by atoms with van der Waals surface area (Å²) in [5.74, 6) is 0.547. The molecule has 17 heavy (non-hydrogen) atoms. The maximum Gasteiger partial charge on any atom is 0.240 e. The number of carbonyl (C=O) groups is 1. The van der Waals surface area contributed by atoms with E-state index in [1.807, 2.05) is 36.8 Å². The number of nitrogens with one attached hydrogen (secondary N) is 1. The highest BCUT2D eigenvalue weighted by Crippen LogP contribution is 2.23. The Morgan fingerprint density at radius 3 is 2.47 bits per heavy atom. The third-order valence-electron chi connectivity index (χ3n) is 2.47. The molecule has 1 rings (SSSR count). The molecule has 0 unspecified atom stereocenters. The fourth-order valence-corrected chi connectivity index (χ4v) is 1.67. The third kappa shape index (κ3) is 3.56. The van der Waals surface area contributed by atoms with Crippen LogP contribution < -0.4 is 5.32 Å². The van der Waals surface area contributed by atoms with Gasteiger partial charge in [0.25, 0.3) is 0 Å². The monoisotopic (exact) mass is 238 g/mol. The van der Waals surface area contributed by atoms with Crippen LogP contribution in [0.25, 0.3) is 0 Å². The van der Waals surface area contributed by atoms with Crippen molar-refractivity contribution in [3.8, 4) is 0 Å². The van der Waals surface area contributed by atoms with Gasteiger partial charge in [-0.15, -0.1) is 0 Å². The zero-order valence-electron chi connectivity index (χ0n) is 11.5. The van der Waals surface area contributed by atoms with Crippen molar-refractivity contribution in [1.29, 1.82) is 0 Å². The third-order valence-corrected chi connectivity index (χ3v) is 2.47. The summed E-state index contributed by atoms with van der Waals surface area (Å²) in [7, 11) is 5.63. The van der Waals surface area contributed by atoms with Crippen molar-refractivity contribution < 1.29 is 4.79 Å². The van der Waals surface area contributed by atoms with Crippen molar-refractivity contribution in [2.75, 3.05) is 26.0 Å². The van der Waals surface area contributed by atoms with Crippen LogP contribution in [0.1, 0.15) is 26.5 Å². The molecule has 0 saturated heterocycles. The summed E-state index contributed by atoms with van der Waals surface area (Å²) < 4.78 is 1.92. The minimum atomic E-state index is -0.0517. The summed E-state index contributed by atoms with van der Waals surface area (Å²) in [6.07, 6.45) is 1.81. The van der Waals surface area contributed by atoms with Gasteiger partial charge in [-0.2, -0.15) is 0 Å². The largest absolute Gasteiger partial charge is 0.317 e. The van der Waals surface area contributed by atoms with E-state index in [0.717, 1.165) is 5.69 Å². The smallest absolute Gasteiger partial charge is 0.240 e. The van der Waals surface area contributed by atoms with E-state index < -0.39 is 0 Å². The Labute approximate surface area is 103 Å². The Balaban J connectivity index is 2.81. The Hall–Kier alpha value is -1.36. The van der Waals surface area contributed by atoms with Crippen LogP contribution in [0.3, 0.4) is 0 Å². The number of anilines is 1. The van der Waals surface area contributed by atoms with Gasteiger partial charge < -0.3 is 9.47 Å². The molecule has 5 nitrogen and oxygen atoms in total. The lowest BCUT2D eigenvalue weighted by atomic mass is 9.93. The first-order valence-corrected chi connectivity index (χ1v) is 5.68. The minimum Gasteiger partial charge on any atom is -0.317 e. The number of likely N-dealkylation sites (N-methyl/N-ethyl adjacent to an activating group) is 1. The second-order valence-electron chi connectivity index (χ2n) is 5.56. The van der Waals surface area contributed by atoms with Crippen LogP contribution >= 0.6 is 0 Å². The summed E-state index contributed by atoms with van der Waals surface area (Å²) in [6.45, 7) is 6.72. The molecule has 0 spiro atoms. The van der Waals surface area contributed by atoms with Crippen molar-refractivity contribution in [3.63, 3.8) is 0 Å². The van der Waals surface area contributed by atoms with E-state index >= 15 is 0 Å². The molecule has 0 saturated carbocycles. The van der Waals surface area contributed by atoms with Crippen LogP contribution in [0, 0.1) is 0 Å². The fraction of sp³-hybridized carbons (Fsp3) is 0.667. The number of aromatic nitrogens is 2. The number of amides is 1. The maximum absolute atomic E-state index is 11.6. The number of carbonyl (C=O) groups excluding carboxylic acids is 1. The second-order valence-corrected chi connectivity index (χ2v) is 5.56. The maximum atomic E-state index is 11.6. The molecule has 1 N–H and O–H groups in total. The van der Waals surface area contributed by atoms with Crippen molar-refractivity contribution in [3.05, 3.63) is 11.9 Å². The zero-order chi connectivity index (χ0) is 13.2. The zero-order valence-corrected chi connectivity index (χ0v) is 11.5. The van der Waals surface area contributed by atoms with Crippen LogP contribution in [0.15, 0.2) is 6.20 Å². The van der Waals surface area contributed by atoms with Crippen molar-refractivity contribution in [1.82, 2.24) is 14.5 Å². The number of hydrogen-bond acceptors (Lipinski definition) is 3. The molecule has 1 aromatic heterocycles. The van der Waals surface area contributed by atoms with Gasteiger partial charge in [-0.1, -0.05) is 20.8 Å². The molecule has 1 amide bonds. The van der Waals surface area contributed by atoms with Crippen LogP contribution in [0.5, 0.6) is 0 Å². The Morgan fingerprint density at radius 1 is 1.47 bits per heavy atom. The Bertz CT molecular complexity index is 401. The molecular weight excluding hydrogens is 216 g/mol. The number of nitrogens with zero attached hydrogens (tertiary/aromatic N) is 3. The van der Waals surface area contributed by atoms with Gasteiger partial charge in [0.2, 0.25) is 11.9 Å². The summed E-state index contributed by atoms with van der Waals surface area (Å²) >= 11 is 0. The molecule has 1 heterocycles. The van der Waals surface area contributed by atoms with Crippen LogP contribution in [-0.2, 0) is 17.3 Å². The van der Waals surface area contributed by atoms with E-state index in [2.05, 4.69) is 31.1 Å². The summed E-state index contributed by atoms with van der Waals surface area (Å²) in [6, 6.07) is 0. The molecule has 0 aliphatic heterocycles. The molecule has 96 valence electrons. The average molecular weight is 238 g/mol. The quantitative estimate of drug-likeness (QED) is 0.861. The van der Waals surface area contributed by atoms with Crippen molar-refractivity contribution in [2.24, 2.45) is 7.05 Å². The molecule has 0 bridgehead atoms. The lowest BCUT2D eigenvalue weighted by molar-refractivity contribution is -0.116. The van der Waals surface area contributed by atoms with E-state index in [0.29, 0.717) is 12.5 Å². The molecule has 1 aromatic rings. The molecule has 0 fully saturated rings. The first-order chi connectivity index (χ1) is 7.71. The summed E-state index contributed by atoms with van der Waals surface area (Å²) in [5, 5.41) is 2.81. The van der Waals surface area contributed by atoms with Crippen LogP contribution in [-0.4, -0.2) is 41.0 Å². The van der Waals surface area contributed by atoms with E-state index in [4.69, 9.17) is 0 Å². The highest BCUT2D eigenvalue weighted by molar-refractivity contribution is 5.90. The van der Waals surface area contributed by atoms with E-state index in [1.165, 1.54) is 0 Å². The summed E-state index contributed by atoms with van der Waals surface area (Å²) in [5.41, 5.74) is 1.12. The molecule has 0 radical (unpaired) electrons. The highest BCUT2D eigenvalue weighted by atomic mass is 16.2. The SMILES string of the molecule is CN(C)CC(=O)Nc1ncc(C(C)(C)C)n1C. The minimum absolute atomic E-state index is 0.0201. The lowest BCUT2D eigenvalue weighted by Crippen LogP contribution is -2.28. The summed E-state index contributed by atoms with van der Waals surface area (Å²) in [4.78, 5) is 17.7. The fourth-order valence-electron chi connectivity index (χ4n) is 1.67. The van der Waals surface area contributed by atoms with Gasteiger partial charge in [0, 0.05) is 18.2 Å². The first kappa shape index (κ1) is 13.7. The molecule has 0 atom stereocenters. The van der Waals surface area contributed by atoms with Crippen LogP contribution in [0.4, 0.5) is 5.95 Å². The molecular formula is C12H22N4O. The number of imidazole rings is 1. The van der Waals surface area contributed by atoms with Gasteiger partial charge >= 0.3 is 0 Å². The van der Waals surface area contributed by atoms with Gasteiger partial charge in [-0.05, 0) is 14.1 Å². The van der Waals surface area contributed by atoms with Gasteiger partial charge in [0.05, 0.1) is 12.7 Å². The van der Waals surface area contributed by atoms with E-state index in [-0.39, 0.29) is 11.3 Å².